The van der Waals surface area contributed by atoms with Gasteiger partial charge >= 0.3 is 0 Å². The van der Waals surface area contributed by atoms with Crippen molar-refractivity contribution in [1.29, 1.82) is 0 Å². The van der Waals surface area contributed by atoms with Gasteiger partial charge in [-0.05, 0) is 18.8 Å². The summed E-state index contributed by atoms with van der Waals surface area (Å²) in [5.74, 6) is 0.725. The average Bonchev–Trinajstić information content (AvgIpc) is 2.30. The molecule has 1 aliphatic carbocycles. The molecular formula is C15H28N2. The van der Waals surface area contributed by atoms with Crippen LogP contribution in [0.1, 0.15) is 46.0 Å². The van der Waals surface area contributed by atoms with Gasteiger partial charge in [0, 0.05) is 31.2 Å². The predicted molar refractivity (Wildman–Crippen MR) is 74.2 cm³/mol. The fraction of sp³-hybridized carbons (Fsp3) is 0.867. The number of nitrogens with zero attached hydrogens (tertiary/aromatic N) is 1. The van der Waals surface area contributed by atoms with Gasteiger partial charge in [0.15, 0.2) is 0 Å². The zero-order chi connectivity index (χ0) is 12.3. The monoisotopic (exact) mass is 236 g/mol. The van der Waals surface area contributed by atoms with E-state index in [0.29, 0.717) is 11.6 Å². The summed E-state index contributed by atoms with van der Waals surface area (Å²) in [4.78, 5) is 2.65. The summed E-state index contributed by atoms with van der Waals surface area (Å²) in [6, 6.07) is 0.681. The molecule has 1 N–H and O–H groups in total. The average molecular weight is 236 g/mol. The molecule has 17 heavy (non-hydrogen) atoms. The Hall–Kier alpha value is -0.340. The van der Waals surface area contributed by atoms with Gasteiger partial charge in [-0.25, -0.2) is 0 Å². The highest BCUT2D eigenvalue weighted by Crippen LogP contribution is 2.32. The highest BCUT2D eigenvalue weighted by molar-refractivity contribution is 5.01. The van der Waals surface area contributed by atoms with Crippen molar-refractivity contribution in [2.24, 2.45) is 5.92 Å². The van der Waals surface area contributed by atoms with E-state index in [2.05, 4.69) is 36.7 Å². The Bertz CT molecular complexity index is 254. The van der Waals surface area contributed by atoms with Crippen LogP contribution in [0.2, 0.25) is 0 Å². The molecule has 2 aliphatic rings. The molecule has 0 radical (unpaired) electrons. The number of hydrogen-bond acceptors (Lipinski definition) is 2. The lowest BCUT2D eigenvalue weighted by atomic mass is 9.78. The van der Waals surface area contributed by atoms with Crippen LogP contribution in [0.15, 0.2) is 12.7 Å². The Kier molecular flexibility index (Phi) is 4.26. The predicted octanol–water partition coefficient (Wildman–Crippen LogP) is 2.81. The van der Waals surface area contributed by atoms with Crippen molar-refractivity contribution in [2.45, 2.75) is 57.5 Å². The highest BCUT2D eigenvalue weighted by atomic mass is 15.3. The Labute approximate surface area is 106 Å². The van der Waals surface area contributed by atoms with Crippen LogP contribution in [-0.2, 0) is 0 Å². The molecule has 0 amide bonds. The molecule has 1 saturated carbocycles. The Balaban J connectivity index is 2.04. The van der Waals surface area contributed by atoms with Crippen LogP contribution in [0.5, 0.6) is 0 Å². The van der Waals surface area contributed by atoms with Crippen molar-refractivity contribution in [3.05, 3.63) is 12.7 Å². The van der Waals surface area contributed by atoms with Gasteiger partial charge in [0.05, 0.1) is 0 Å². The molecule has 2 heteroatoms. The zero-order valence-corrected chi connectivity index (χ0v) is 11.5. The third-order valence-corrected chi connectivity index (χ3v) is 4.60. The fourth-order valence-corrected chi connectivity index (χ4v) is 3.60. The van der Waals surface area contributed by atoms with Gasteiger partial charge in [-0.15, -0.1) is 6.58 Å². The minimum atomic E-state index is 0.423. The van der Waals surface area contributed by atoms with Crippen molar-refractivity contribution >= 4 is 0 Å². The molecular weight excluding hydrogens is 208 g/mol. The van der Waals surface area contributed by atoms with Crippen molar-refractivity contribution in [3.8, 4) is 0 Å². The third kappa shape index (κ3) is 2.92. The van der Waals surface area contributed by atoms with Gasteiger partial charge < -0.3 is 5.32 Å². The lowest BCUT2D eigenvalue weighted by Crippen LogP contribution is -2.65. The van der Waals surface area contributed by atoms with Gasteiger partial charge in [-0.2, -0.15) is 0 Å². The van der Waals surface area contributed by atoms with E-state index in [1.54, 1.807) is 0 Å². The number of rotatable bonds is 3. The molecule has 0 aromatic carbocycles. The van der Waals surface area contributed by atoms with Gasteiger partial charge in [0.1, 0.15) is 0 Å². The molecule has 2 rings (SSSR count). The molecule has 1 spiro atoms. The smallest absolute Gasteiger partial charge is 0.0309 e. The lowest BCUT2D eigenvalue weighted by molar-refractivity contribution is 0.0451. The standard InChI is InChI=1S/C15H28N2/c1-4-10-17-12-15(8-6-5-7-9-15)16-11-14(17)13(2)3/h4,13-14,16H,1,5-12H2,2-3H3. The quantitative estimate of drug-likeness (QED) is 0.758. The van der Waals surface area contributed by atoms with Gasteiger partial charge in [-0.3, -0.25) is 4.90 Å². The molecule has 0 aromatic heterocycles. The first-order valence-corrected chi connectivity index (χ1v) is 7.27. The topological polar surface area (TPSA) is 15.3 Å². The second-order valence-electron chi connectivity index (χ2n) is 6.25. The van der Waals surface area contributed by atoms with E-state index in [1.807, 2.05) is 0 Å². The summed E-state index contributed by atoms with van der Waals surface area (Å²) in [5.41, 5.74) is 0.423. The van der Waals surface area contributed by atoms with Crippen LogP contribution < -0.4 is 5.32 Å². The third-order valence-electron chi connectivity index (χ3n) is 4.60. The molecule has 1 saturated heterocycles. The summed E-state index contributed by atoms with van der Waals surface area (Å²) in [7, 11) is 0. The highest BCUT2D eigenvalue weighted by Gasteiger charge is 2.39. The maximum Gasteiger partial charge on any atom is 0.0309 e. The molecule has 1 heterocycles. The van der Waals surface area contributed by atoms with Crippen LogP contribution in [0.3, 0.4) is 0 Å². The van der Waals surface area contributed by atoms with Crippen molar-refractivity contribution in [3.63, 3.8) is 0 Å². The summed E-state index contributed by atoms with van der Waals surface area (Å²) < 4.78 is 0. The van der Waals surface area contributed by atoms with E-state index in [9.17, 15) is 0 Å². The first-order valence-electron chi connectivity index (χ1n) is 7.27. The van der Waals surface area contributed by atoms with E-state index in [-0.39, 0.29) is 0 Å². The minimum Gasteiger partial charge on any atom is -0.308 e. The normalized spacial score (nSPS) is 29.7. The maximum absolute atomic E-state index is 3.92. The molecule has 1 atom stereocenters. The number of hydrogen-bond donors (Lipinski definition) is 1. The van der Waals surface area contributed by atoms with Crippen LogP contribution >= 0.6 is 0 Å². The van der Waals surface area contributed by atoms with Gasteiger partial charge in [-0.1, -0.05) is 39.2 Å². The van der Waals surface area contributed by atoms with Crippen LogP contribution in [0.25, 0.3) is 0 Å². The minimum absolute atomic E-state index is 0.423. The van der Waals surface area contributed by atoms with Gasteiger partial charge in [0.2, 0.25) is 0 Å². The Morgan fingerprint density at radius 1 is 1.35 bits per heavy atom. The fourth-order valence-electron chi connectivity index (χ4n) is 3.60. The van der Waals surface area contributed by atoms with E-state index in [1.165, 1.54) is 38.6 Å². The van der Waals surface area contributed by atoms with Crippen LogP contribution in [-0.4, -0.2) is 36.1 Å². The molecule has 1 unspecified atom stereocenters. The summed E-state index contributed by atoms with van der Waals surface area (Å²) >= 11 is 0. The molecule has 0 aromatic rings. The number of piperazine rings is 1. The maximum atomic E-state index is 3.92. The second-order valence-corrected chi connectivity index (χ2v) is 6.25. The van der Waals surface area contributed by atoms with Crippen LogP contribution in [0, 0.1) is 5.92 Å². The Morgan fingerprint density at radius 3 is 2.65 bits per heavy atom. The SMILES string of the molecule is C=CCN1CC2(CCCCC2)NCC1C(C)C. The molecule has 2 nitrogen and oxygen atoms in total. The molecule has 0 bridgehead atoms. The lowest BCUT2D eigenvalue weighted by Gasteiger charge is -2.50. The number of nitrogens with one attached hydrogen (secondary N) is 1. The molecule has 1 aliphatic heterocycles. The van der Waals surface area contributed by atoms with Crippen molar-refractivity contribution in [1.82, 2.24) is 10.2 Å². The Morgan fingerprint density at radius 2 is 2.06 bits per heavy atom. The van der Waals surface area contributed by atoms with E-state index < -0.39 is 0 Å². The first kappa shape index (κ1) is 13.1. The summed E-state index contributed by atoms with van der Waals surface area (Å²) in [6.45, 7) is 12.0. The zero-order valence-electron chi connectivity index (χ0n) is 11.5. The molecule has 2 fully saturated rings. The largest absolute Gasteiger partial charge is 0.308 e. The van der Waals surface area contributed by atoms with Crippen molar-refractivity contribution < 1.29 is 0 Å². The second kappa shape index (κ2) is 5.53. The van der Waals surface area contributed by atoms with E-state index in [0.717, 1.165) is 19.0 Å². The van der Waals surface area contributed by atoms with Crippen molar-refractivity contribution in [2.75, 3.05) is 19.6 Å². The summed E-state index contributed by atoms with van der Waals surface area (Å²) in [5, 5.41) is 3.88. The molecule has 98 valence electrons. The first-order chi connectivity index (χ1) is 8.17. The van der Waals surface area contributed by atoms with Crippen LogP contribution in [0.4, 0.5) is 0 Å². The van der Waals surface area contributed by atoms with E-state index >= 15 is 0 Å². The van der Waals surface area contributed by atoms with E-state index in [4.69, 9.17) is 0 Å². The summed E-state index contributed by atoms with van der Waals surface area (Å²) in [6.07, 6.45) is 9.04. The van der Waals surface area contributed by atoms with Gasteiger partial charge in [0.25, 0.3) is 0 Å².